The van der Waals surface area contributed by atoms with Crippen LogP contribution in [-0.2, 0) is 12.0 Å². The molecule has 1 aromatic heterocycles. The molecule has 1 saturated carbocycles. The van der Waals surface area contributed by atoms with E-state index >= 15 is 0 Å². The number of benzene rings is 3. The molecular weight excluding hydrogens is 482 g/mol. The monoisotopic (exact) mass is 523 g/mol. The topological polar surface area (TPSA) is 62.3 Å². The van der Waals surface area contributed by atoms with Gasteiger partial charge in [0, 0.05) is 38.1 Å². The summed E-state index contributed by atoms with van der Waals surface area (Å²) in [6, 6.07) is 25.9. The van der Waals surface area contributed by atoms with Crippen LogP contribution in [0.2, 0.25) is 0 Å². The van der Waals surface area contributed by atoms with E-state index in [-0.39, 0.29) is 5.41 Å². The average molecular weight is 524 g/mol. The van der Waals surface area contributed by atoms with Crippen LogP contribution in [0.15, 0.2) is 72.8 Å². The number of ether oxygens (including phenoxy) is 1. The van der Waals surface area contributed by atoms with Crippen molar-refractivity contribution in [3.8, 4) is 11.5 Å². The first-order valence-corrected chi connectivity index (χ1v) is 14.1. The van der Waals surface area contributed by atoms with Gasteiger partial charge in [-0.1, -0.05) is 57.2 Å². The Morgan fingerprint density at radius 2 is 1.54 bits per heavy atom. The molecule has 1 heterocycles. The molecule has 6 heteroatoms. The second-order valence-electron chi connectivity index (χ2n) is 11.9. The van der Waals surface area contributed by atoms with Gasteiger partial charge in [-0.05, 0) is 78.6 Å². The number of rotatable bonds is 8. The minimum Gasteiger partial charge on any atom is -0.457 e. The predicted molar refractivity (Wildman–Crippen MR) is 162 cm³/mol. The lowest BCUT2D eigenvalue weighted by molar-refractivity contribution is 0.352. The molecule has 204 valence electrons. The van der Waals surface area contributed by atoms with Crippen molar-refractivity contribution in [2.24, 2.45) is 0 Å². The summed E-state index contributed by atoms with van der Waals surface area (Å²) in [7, 11) is 4.06. The Morgan fingerprint density at radius 3 is 2.26 bits per heavy atom. The number of hydrogen-bond acceptors (Lipinski definition) is 6. The van der Waals surface area contributed by atoms with Gasteiger partial charge in [0.1, 0.15) is 17.3 Å². The molecule has 0 amide bonds. The number of hydrogen-bond donors (Lipinski definition) is 2. The smallest absolute Gasteiger partial charge is 0.225 e. The quantitative estimate of drug-likeness (QED) is 0.253. The lowest BCUT2D eigenvalue weighted by atomic mass is 9.87. The molecule has 3 aromatic carbocycles. The van der Waals surface area contributed by atoms with Crippen molar-refractivity contribution in [2.45, 2.75) is 70.5 Å². The number of nitrogens with zero attached hydrogens (tertiary/aromatic N) is 3. The van der Waals surface area contributed by atoms with Crippen molar-refractivity contribution in [2.75, 3.05) is 24.3 Å². The van der Waals surface area contributed by atoms with Crippen molar-refractivity contribution in [3.05, 3.63) is 83.9 Å². The molecule has 1 fully saturated rings. The third kappa shape index (κ3) is 6.87. The largest absolute Gasteiger partial charge is 0.457 e. The van der Waals surface area contributed by atoms with Gasteiger partial charge in [0.15, 0.2) is 0 Å². The normalized spacial score (nSPS) is 17.7. The molecule has 2 N–H and O–H groups in total. The number of para-hydroxylation sites is 1. The molecule has 0 atom stereocenters. The van der Waals surface area contributed by atoms with Gasteiger partial charge in [0.2, 0.25) is 5.95 Å². The van der Waals surface area contributed by atoms with Gasteiger partial charge in [-0.25, -0.2) is 4.98 Å². The number of nitrogens with one attached hydrogen (secondary N) is 2. The maximum Gasteiger partial charge on any atom is 0.225 e. The highest BCUT2D eigenvalue weighted by molar-refractivity contribution is 5.90. The molecule has 1 aliphatic carbocycles. The fourth-order valence-corrected chi connectivity index (χ4v) is 5.23. The minimum atomic E-state index is 0.138. The molecule has 5 rings (SSSR count). The third-order valence-corrected chi connectivity index (χ3v) is 7.52. The highest BCUT2D eigenvalue weighted by Crippen LogP contribution is 2.29. The fourth-order valence-electron chi connectivity index (χ4n) is 5.23. The minimum absolute atomic E-state index is 0.138. The van der Waals surface area contributed by atoms with Crippen LogP contribution in [0, 0.1) is 0 Å². The average Bonchev–Trinajstić information content (AvgIpc) is 2.92. The van der Waals surface area contributed by atoms with Crippen molar-refractivity contribution in [1.29, 1.82) is 0 Å². The van der Waals surface area contributed by atoms with Gasteiger partial charge in [-0.15, -0.1) is 0 Å². The maximum atomic E-state index is 6.15. The van der Waals surface area contributed by atoms with Gasteiger partial charge < -0.3 is 20.3 Å². The number of fused-ring (bicyclic) bond motifs is 1. The van der Waals surface area contributed by atoms with Crippen molar-refractivity contribution >= 4 is 22.7 Å². The predicted octanol–water partition coefficient (Wildman–Crippen LogP) is 7.30. The summed E-state index contributed by atoms with van der Waals surface area (Å²) < 4.78 is 6.15. The van der Waals surface area contributed by atoms with Crippen LogP contribution in [-0.4, -0.2) is 36.1 Å². The fraction of sp³-hybridized carbons (Fsp3) is 0.394. The van der Waals surface area contributed by atoms with Gasteiger partial charge in [-0.2, -0.15) is 4.98 Å². The van der Waals surface area contributed by atoms with Gasteiger partial charge in [0.25, 0.3) is 0 Å². The lowest BCUT2D eigenvalue weighted by Crippen LogP contribution is -2.37. The summed E-state index contributed by atoms with van der Waals surface area (Å²) in [6.45, 7) is 7.51. The second-order valence-corrected chi connectivity index (χ2v) is 11.9. The molecule has 0 unspecified atom stereocenters. The van der Waals surface area contributed by atoms with E-state index in [0.29, 0.717) is 12.1 Å². The summed E-state index contributed by atoms with van der Waals surface area (Å²) in [5.41, 5.74) is 3.65. The van der Waals surface area contributed by atoms with E-state index in [0.717, 1.165) is 66.4 Å². The Balaban J connectivity index is 1.12. The highest BCUT2D eigenvalue weighted by atomic mass is 16.5. The van der Waals surface area contributed by atoms with Crippen LogP contribution in [0.5, 0.6) is 11.5 Å². The summed E-state index contributed by atoms with van der Waals surface area (Å²) in [4.78, 5) is 11.7. The first-order valence-electron chi connectivity index (χ1n) is 14.1. The molecule has 4 aromatic rings. The molecular formula is C33H41N5O. The van der Waals surface area contributed by atoms with E-state index in [1.165, 1.54) is 11.1 Å². The Hall–Kier alpha value is -3.64. The number of aromatic nitrogens is 2. The Morgan fingerprint density at radius 1 is 0.821 bits per heavy atom. The molecule has 0 spiro atoms. The Labute approximate surface area is 232 Å². The summed E-state index contributed by atoms with van der Waals surface area (Å²) in [5, 5.41) is 8.45. The molecule has 6 nitrogen and oxygen atoms in total. The zero-order valence-electron chi connectivity index (χ0n) is 23.9. The van der Waals surface area contributed by atoms with Gasteiger partial charge >= 0.3 is 0 Å². The molecule has 0 aliphatic heterocycles. The third-order valence-electron chi connectivity index (χ3n) is 7.52. The van der Waals surface area contributed by atoms with E-state index in [2.05, 4.69) is 90.9 Å². The molecule has 0 bridgehead atoms. The van der Waals surface area contributed by atoms with Crippen molar-refractivity contribution in [1.82, 2.24) is 15.3 Å². The van der Waals surface area contributed by atoms with E-state index in [1.54, 1.807) is 0 Å². The van der Waals surface area contributed by atoms with Crippen LogP contribution in [0.3, 0.4) is 0 Å². The van der Waals surface area contributed by atoms with E-state index in [9.17, 15) is 0 Å². The second kappa shape index (κ2) is 11.6. The molecule has 0 radical (unpaired) electrons. The van der Waals surface area contributed by atoms with E-state index in [1.807, 2.05) is 32.3 Å². The first kappa shape index (κ1) is 26.9. The van der Waals surface area contributed by atoms with Gasteiger partial charge in [-0.3, -0.25) is 0 Å². The van der Waals surface area contributed by atoms with Crippen LogP contribution in [0.1, 0.15) is 57.6 Å². The Kier molecular flexibility index (Phi) is 8.03. The molecule has 1 aliphatic rings. The van der Waals surface area contributed by atoms with E-state index < -0.39 is 0 Å². The first-order chi connectivity index (χ1) is 18.7. The highest BCUT2D eigenvalue weighted by Gasteiger charge is 2.22. The van der Waals surface area contributed by atoms with Crippen LogP contribution < -0.4 is 20.3 Å². The van der Waals surface area contributed by atoms with E-state index in [4.69, 9.17) is 14.7 Å². The van der Waals surface area contributed by atoms with Crippen molar-refractivity contribution < 1.29 is 4.74 Å². The number of anilines is 2. The maximum absolute atomic E-state index is 6.15. The van der Waals surface area contributed by atoms with Crippen molar-refractivity contribution in [3.63, 3.8) is 0 Å². The van der Waals surface area contributed by atoms with Gasteiger partial charge in [0.05, 0.1) is 5.52 Å². The zero-order chi connectivity index (χ0) is 27.4. The standard InChI is InChI=1S/C33H41N5O/c1-33(2,3)24-13-19-27(20-14-24)39-28-10-8-9-23(21-28)22-34-25-15-17-26(18-16-25)35-32-36-30-12-7-6-11-29(30)31(37-32)38(4)5/h6-14,19-21,25-26,34H,15-18,22H2,1-5H3,(H,35,36,37)/t25-,26+. The summed E-state index contributed by atoms with van der Waals surface area (Å²) >= 11 is 0. The van der Waals surface area contributed by atoms with Crippen LogP contribution in [0.25, 0.3) is 10.9 Å². The Bertz CT molecular complexity index is 1390. The molecule has 0 saturated heterocycles. The van der Waals surface area contributed by atoms with Crippen LogP contribution >= 0.6 is 0 Å². The lowest BCUT2D eigenvalue weighted by Gasteiger charge is -2.30. The zero-order valence-corrected chi connectivity index (χ0v) is 23.9. The molecule has 39 heavy (non-hydrogen) atoms. The summed E-state index contributed by atoms with van der Waals surface area (Å²) in [6.07, 6.45) is 4.45. The summed E-state index contributed by atoms with van der Waals surface area (Å²) in [5.74, 6) is 3.41. The van der Waals surface area contributed by atoms with Crippen LogP contribution in [0.4, 0.5) is 11.8 Å². The SMILES string of the molecule is CN(C)c1nc(N[C@H]2CC[C@@H](NCc3cccc(Oc4ccc(C(C)(C)C)cc4)c3)CC2)nc2ccccc12.